The van der Waals surface area contributed by atoms with Crippen molar-refractivity contribution in [1.29, 1.82) is 0 Å². The van der Waals surface area contributed by atoms with Gasteiger partial charge in [0, 0.05) is 0 Å². The lowest BCUT2D eigenvalue weighted by Gasteiger charge is -2.63. The number of aliphatic hydroxyl groups excluding tert-OH is 1. The molecule has 1 fully saturated rings. The zero-order valence-corrected chi connectivity index (χ0v) is 10.9. The van der Waals surface area contributed by atoms with Gasteiger partial charge in [-0.25, -0.2) is 0 Å². The molecular formula is C11H22O6. The molecule has 5 atom stereocenters. The van der Waals surface area contributed by atoms with Gasteiger partial charge in [0.2, 0.25) is 0 Å². The van der Waals surface area contributed by atoms with E-state index >= 15 is 0 Å². The predicted octanol–water partition coefficient (Wildman–Crippen LogP) is -1.27. The van der Waals surface area contributed by atoms with Crippen molar-refractivity contribution < 1.29 is 30.3 Å². The molecule has 0 saturated carbocycles. The number of rotatable bonds is 1. The van der Waals surface area contributed by atoms with Crippen molar-refractivity contribution in [3.8, 4) is 0 Å². The van der Waals surface area contributed by atoms with Gasteiger partial charge >= 0.3 is 0 Å². The van der Waals surface area contributed by atoms with E-state index in [1.165, 1.54) is 34.6 Å². The van der Waals surface area contributed by atoms with Crippen molar-refractivity contribution in [3.05, 3.63) is 0 Å². The molecule has 0 bridgehead atoms. The van der Waals surface area contributed by atoms with Crippen LogP contribution in [0, 0.1) is 0 Å². The second kappa shape index (κ2) is 3.40. The van der Waals surface area contributed by atoms with Gasteiger partial charge in [0.15, 0.2) is 5.79 Å². The molecular weight excluding hydrogens is 228 g/mol. The fourth-order valence-corrected chi connectivity index (χ4v) is 2.26. The first-order valence-corrected chi connectivity index (χ1v) is 5.47. The van der Waals surface area contributed by atoms with Crippen LogP contribution in [-0.4, -0.2) is 60.3 Å². The Hall–Kier alpha value is -0.240. The highest BCUT2D eigenvalue weighted by molar-refractivity contribution is 5.21. The number of aliphatic hydroxyl groups is 5. The SMILES string of the molecule is CC1(O)O[C@](C)(CO)C(C)(O)[C@](C)(O)[C@@]1(C)O. The molecule has 0 aromatic carbocycles. The van der Waals surface area contributed by atoms with Crippen LogP contribution in [0.5, 0.6) is 0 Å². The molecule has 1 rings (SSSR count). The Morgan fingerprint density at radius 3 is 1.53 bits per heavy atom. The van der Waals surface area contributed by atoms with E-state index in [0.29, 0.717) is 0 Å². The quantitative estimate of drug-likeness (QED) is 0.397. The van der Waals surface area contributed by atoms with E-state index in [2.05, 4.69) is 0 Å². The molecule has 1 heterocycles. The Kier molecular flexibility index (Phi) is 2.97. The second-order valence-electron chi connectivity index (χ2n) is 5.69. The summed E-state index contributed by atoms with van der Waals surface area (Å²) in [5.74, 6) is -2.11. The number of ether oxygens (including phenoxy) is 1. The molecule has 1 saturated heterocycles. The lowest BCUT2D eigenvalue weighted by Crippen LogP contribution is -2.84. The Morgan fingerprint density at radius 2 is 1.18 bits per heavy atom. The average Bonchev–Trinajstić information content (AvgIpc) is 2.14. The molecule has 0 radical (unpaired) electrons. The Bertz CT molecular complexity index is 320. The highest BCUT2D eigenvalue weighted by atomic mass is 16.7. The molecule has 5 N–H and O–H groups in total. The summed E-state index contributed by atoms with van der Waals surface area (Å²) in [7, 11) is 0. The average molecular weight is 250 g/mol. The van der Waals surface area contributed by atoms with E-state index in [-0.39, 0.29) is 0 Å². The van der Waals surface area contributed by atoms with Crippen LogP contribution < -0.4 is 0 Å². The summed E-state index contributed by atoms with van der Waals surface area (Å²) < 4.78 is 5.22. The lowest BCUT2D eigenvalue weighted by atomic mass is 9.61. The van der Waals surface area contributed by atoms with E-state index in [9.17, 15) is 25.5 Å². The smallest absolute Gasteiger partial charge is 0.195 e. The first-order chi connectivity index (χ1) is 7.27. The van der Waals surface area contributed by atoms with E-state index in [4.69, 9.17) is 4.74 Å². The summed E-state index contributed by atoms with van der Waals surface area (Å²) in [4.78, 5) is 0. The maximum atomic E-state index is 10.4. The summed E-state index contributed by atoms with van der Waals surface area (Å²) in [6.07, 6.45) is 0. The van der Waals surface area contributed by atoms with Crippen molar-refractivity contribution in [1.82, 2.24) is 0 Å². The highest BCUT2D eigenvalue weighted by Crippen LogP contribution is 2.52. The molecule has 0 aromatic heterocycles. The normalized spacial score (nSPS) is 60.4. The Labute approximate surface area is 100 Å². The molecule has 6 nitrogen and oxygen atoms in total. The first-order valence-electron chi connectivity index (χ1n) is 5.47. The molecule has 1 aliphatic heterocycles. The van der Waals surface area contributed by atoms with Crippen LogP contribution in [-0.2, 0) is 4.74 Å². The molecule has 0 aromatic rings. The minimum Gasteiger partial charge on any atom is -0.393 e. The minimum absolute atomic E-state index is 0.623. The van der Waals surface area contributed by atoms with Crippen LogP contribution >= 0.6 is 0 Å². The highest BCUT2D eigenvalue weighted by Gasteiger charge is 2.73. The van der Waals surface area contributed by atoms with Gasteiger partial charge in [-0.3, -0.25) is 0 Å². The maximum absolute atomic E-state index is 10.4. The Morgan fingerprint density at radius 1 is 0.765 bits per heavy atom. The summed E-state index contributed by atoms with van der Waals surface area (Å²) in [6, 6.07) is 0. The molecule has 0 spiro atoms. The summed E-state index contributed by atoms with van der Waals surface area (Å²) in [6.45, 7) is 5.50. The molecule has 0 aliphatic carbocycles. The molecule has 0 amide bonds. The molecule has 17 heavy (non-hydrogen) atoms. The molecule has 6 heteroatoms. The van der Waals surface area contributed by atoms with Crippen molar-refractivity contribution in [3.63, 3.8) is 0 Å². The monoisotopic (exact) mass is 250 g/mol. The topological polar surface area (TPSA) is 110 Å². The Balaban J connectivity index is 3.46. The molecule has 1 aliphatic rings. The fourth-order valence-electron chi connectivity index (χ4n) is 2.26. The lowest BCUT2D eigenvalue weighted by molar-refractivity contribution is -0.449. The molecule has 102 valence electrons. The fraction of sp³-hybridized carbons (Fsp3) is 1.00. The third kappa shape index (κ3) is 1.49. The summed E-state index contributed by atoms with van der Waals surface area (Å²) in [5, 5.41) is 50.4. The summed E-state index contributed by atoms with van der Waals surface area (Å²) in [5.41, 5.74) is -7.76. The van der Waals surface area contributed by atoms with Crippen molar-refractivity contribution in [2.24, 2.45) is 0 Å². The van der Waals surface area contributed by atoms with Gasteiger partial charge in [0.25, 0.3) is 0 Å². The van der Waals surface area contributed by atoms with E-state index in [0.717, 1.165) is 0 Å². The van der Waals surface area contributed by atoms with Gasteiger partial charge in [-0.1, -0.05) is 0 Å². The van der Waals surface area contributed by atoms with Crippen molar-refractivity contribution in [2.45, 2.75) is 62.8 Å². The minimum atomic E-state index is -2.11. The van der Waals surface area contributed by atoms with Crippen LogP contribution in [0.2, 0.25) is 0 Å². The molecule has 2 unspecified atom stereocenters. The van der Waals surface area contributed by atoms with Crippen LogP contribution in [0.3, 0.4) is 0 Å². The van der Waals surface area contributed by atoms with Crippen molar-refractivity contribution >= 4 is 0 Å². The van der Waals surface area contributed by atoms with Gasteiger partial charge in [-0.05, 0) is 34.6 Å². The maximum Gasteiger partial charge on any atom is 0.195 e. The standard InChI is InChI=1S/C11H22O6/c1-7(6-12)8(2,13)9(3,14)10(4,15)11(5,16)17-7/h12-16H,6H2,1-5H3/t7-,8?,9+,10-,11?/m1/s1. The van der Waals surface area contributed by atoms with Crippen LogP contribution in [0.4, 0.5) is 0 Å². The van der Waals surface area contributed by atoms with Gasteiger partial charge in [-0.2, -0.15) is 0 Å². The van der Waals surface area contributed by atoms with Crippen LogP contribution in [0.25, 0.3) is 0 Å². The summed E-state index contributed by atoms with van der Waals surface area (Å²) >= 11 is 0. The van der Waals surface area contributed by atoms with Gasteiger partial charge < -0.3 is 30.3 Å². The van der Waals surface area contributed by atoms with Crippen LogP contribution in [0.15, 0.2) is 0 Å². The van der Waals surface area contributed by atoms with Gasteiger partial charge in [0.05, 0.1) is 6.61 Å². The largest absolute Gasteiger partial charge is 0.393 e. The zero-order valence-electron chi connectivity index (χ0n) is 10.9. The third-order valence-electron chi connectivity index (χ3n) is 4.55. The van der Waals surface area contributed by atoms with Gasteiger partial charge in [-0.15, -0.1) is 0 Å². The van der Waals surface area contributed by atoms with Crippen molar-refractivity contribution in [2.75, 3.05) is 6.61 Å². The predicted molar refractivity (Wildman–Crippen MR) is 59.1 cm³/mol. The van der Waals surface area contributed by atoms with E-state index in [1.54, 1.807) is 0 Å². The second-order valence-corrected chi connectivity index (χ2v) is 5.69. The van der Waals surface area contributed by atoms with E-state index < -0.39 is 34.8 Å². The van der Waals surface area contributed by atoms with Crippen LogP contribution in [0.1, 0.15) is 34.6 Å². The third-order valence-corrected chi connectivity index (χ3v) is 4.55. The van der Waals surface area contributed by atoms with Gasteiger partial charge in [0.1, 0.15) is 22.4 Å². The van der Waals surface area contributed by atoms with E-state index in [1.807, 2.05) is 0 Å². The zero-order chi connectivity index (χ0) is 13.9. The number of hydrogen-bond donors (Lipinski definition) is 5. The number of hydrogen-bond acceptors (Lipinski definition) is 6. The first kappa shape index (κ1) is 14.8.